The van der Waals surface area contributed by atoms with Crippen LogP contribution < -0.4 is 5.32 Å². The molecule has 1 fully saturated rings. The van der Waals surface area contributed by atoms with Crippen molar-refractivity contribution in [3.63, 3.8) is 0 Å². The Kier molecular flexibility index (Phi) is 3.37. The van der Waals surface area contributed by atoms with Crippen LogP contribution in [0.15, 0.2) is 34.9 Å². The van der Waals surface area contributed by atoms with Crippen molar-refractivity contribution in [1.82, 2.24) is 15.5 Å². The van der Waals surface area contributed by atoms with Gasteiger partial charge in [0, 0.05) is 13.0 Å². The van der Waals surface area contributed by atoms with Crippen LogP contribution in [0, 0.1) is 0 Å². The Morgan fingerprint density at radius 1 is 1.28 bits per heavy atom. The first-order valence-corrected chi connectivity index (χ1v) is 6.49. The fourth-order valence-corrected chi connectivity index (χ4v) is 2.35. The first-order valence-electron chi connectivity index (χ1n) is 6.49. The molecule has 1 N–H and O–H groups in total. The molecule has 1 aromatic heterocycles. The maximum atomic E-state index is 5.38. The lowest BCUT2D eigenvalue weighted by Crippen LogP contribution is -2.28. The Balaban J connectivity index is 1.69. The first kappa shape index (κ1) is 11.4. The van der Waals surface area contributed by atoms with E-state index in [1.165, 1.54) is 12.0 Å². The third-order valence-electron chi connectivity index (χ3n) is 3.33. The summed E-state index contributed by atoms with van der Waals surface area (Å²) in [6.45, 7) is 2.05. The van der Waals surface area contributed by atoms with Crippen molar-refractivity contribution in [2.75, 3.05) is 13.1 Å². The van der Waals surface area contributed by atoms with Gasteiger partial charge >= 0.3 is 0 Å². The number of rotatable bonds is 3. The van der Waals surface area contributed by atoms with E-state index >= 15 is 0 Å². The lowest BCUT2D eigenvalue weighted by atomic mass is 10.00. The Labute approximate surface area is 106 Å². The van der Waals surface area contributed by atoms with Gasteiger partial charge in [-0.2, -0.15) is 4.98 Å². The Hall–Kier alpha value is -1.68. The first-order chi connectivity index (χ1) is 8.92. The summed E-state index contributed by atoms with van der Waals surface area (Å²) in [5, 5.41) is 7.44. The summed E-state index contributed by atoms with van der Waals surface area (Å²) >= 11 is 0. The van der Waals surface area contributed by atoms with Crippen LogP contribution in [0.2, 0.25) is 0 Å². The van der Waals surface area contributed by atoms with Crippen LogP contribution in [-0.2, 0) is 6.42 Å². The molecule has 2 heterocycles. The fourth-order valence-electron chi connectivity index (χ4n) is 2.35. The maximum Gasteiger partial charge on any atom is 0.231 e. The molecule has 1 atom stereocenters. The van der Waals surface area contributed by atoms with E-state index in [9.17, 15) is 0 Å². The van der Waals surface area contributed by atoms with Crippen LogP contribution in [0.4, 0.5) is 0 Å². The van der Waals surface area contributed by atoms with Crippen molar-refractivity contribution in [3.8, 4) is 0 Å². The maximum absolute atomic E-state index is 5.38. The summed E-state index contributed by atoms with van der Waals surface area (Å²) in [4.78, 5) is 4.51. The molecule has 0 saturated carbocycles. The number of piperidine rings is 1. The minimum Gasteiger partial charge on any atom is -0.339 e. The average Bonchev–Trinajstić information content (AvgIpc) is 2.89. The van der Waals surface area contributed by atoms with Crippen molar-refractivity contribution < 1.29 is 4.52 Å². The summed E-state index contributed by atoms with van der Waals surface area (Å²) < 4.78 is 5.38. The molecule has 4 nitrogen and oxygen atoms in total. The molecule has 4 heteroatoms. The Morgan fingerprint density at radius 3 is 2.94 bits per heavy atom. The number of aromatic nitrogens is 2. The van der Waals surface area contributed by atoms with Gasteiger partial charge in [0.05, 0.1) is 5.92 Å². The van der Waals surface area contributed by atoms with Crippen molar-refractivity contribution >= 4 is 0 Å². The quantitative estimate of drug-likeness (QED) is 0.897. The molecular formula is C14H17N3O. The SMILES string of the molecule is c1ccc(Cc2noc([C@H]3CCCNC3)n2)cc1. The van der Waals surface area contributed by atoms with Gasteiger partial charge in [0.15, 0.2) is 5.82 Å². The van der Waals surface area contributed by atoms with E-state index in [-0.39, 0.29) is 0 Å². The highest BCUT2D eigenvalue weighted by molar-refractivity contribution is 5.18. The largest absolute Gasteiger partial charge is 0.339 e. The second-order valence-corrected chi connectivity index (χ2v) is 4.75. The van der Waals surface area contributed by atoms with Gasteiger partial charge in [-0.15, -0.1) is 0 Å². The van der Waals surface area contributed by atoms with Crippen LogP contribution in [0.1, 0.15) is 36.0 Å². The molecule has 1 aliphatic heterocycles. The molecule has 1 saturated heterocycles. The second kappa shape index (κ2) is 5.31. The molecule has 94 valence electrons. The summed E-state index contributed by atoms with van der Waals surface area (Å²) in [7, 11) is 0. The molecule has 0 bridgehead atoms. The van der Waals surface area contributed by atoms with Crippen molar-refractivity contribution in [1.29, 1.82) is 0 Å². The lowest BCUT2D eigenvalue weighted by molar-refractivity contribution is 0.320. The predicted molar refractivity (Wildman–Crippen MR) is 68.4 cm³/mol. The van der Waals surface area contributed by atoms with Gasteiger partial charge < -0.3 is 9.84 Å². The summed E-state index contributed by atoms with van der Waals surface area (Å²) in [6.07, 6.45) is 3.06. The lowest BCUT2D eigenvalue weighted by Gasteiger charge is -2.18. The van der Waals surface area contributed by atoms with Gasteiger partial charge in [-0.1, -0.05) is 35.5 Å². The second-order valence-electron chi connectivity index (χ2n) is 4.75. The number of benzene rings is 1. The molecule has 0 spiro atoms. The number of nitrogens with one attached hydrogen (secondary N) is 1. The summed E-state index contributed by atoms with van der Waals surface area (Å²) in [5.74, 6) is 1.95. The molecule has 1 aromatic carbocycles. The predicted octanol–water partition coefficient (Wildman–Crippen LogP) is 2.13. The highest BCUT2D eigenvalue weighted by Gasteiger charge is 2.21. The van der Waals surface area contributed by atoms with E-state index < -0.39 is 0 Å². The highest BCUT2D eigenvalue weighted by atomic mass is 16.5. The van der Waals surface area contributed by atoms with Gasteiger partial charge in [0.2, 0.25) is 5.89 Å². The molecule has 0 unspecified atom stereocenters. The van der Waals surface area contributed by atoms with Crippen molar-refractivity contribution in [3.05, 3.63) is 47.6 Å². The van der Waals surface area contributed by atoms with Crippen LogP contribution >= 0.6 is 0 Å². The fraction of sp³-hybridized carbons (Fsp3) is 0.429. The van der Waals surface area contributed by atoms with Gasteiger partial charge in [-0.25, -0.2) is 0 Å². The molecule has 0 amide bonds. The van der Waals surface area contributed by atoms with E-state index in [0.29, 0.717) is 5.92 Å². The zero-order valence-corrected chi connectivity index (χ0v) is 10.3. The number of hydrogen-bond acceptors (Lipinski definition) is 4. The van der Waals surface area contributed by atoms with Crippen molar-refractivity contribution in [2.24, 2.45) is 0 Å². The molecular weight excluding hydrogens is 226 g/mol. The van der Waals surface area contributed by atoms with Gasteiger partial charge in [-0.05, 0) is 24.9 Å². The topological polar surface area (TPSA) is 51.0 Å². The third kappa shape index (κ3) is 2.59. The Bertz CT molecular complexity index is 489. The molecule has 18 heavy (non-hydrogen) atoms. The normalized spacial score (nSPS) is 19.9. The highest BCUT2D eigenvalue weighted by Crippen LogP contribution is 2.21. The Morgan fingerprint density at radius 2 is 2.17 bits per heavy atom. The standard InChI is InChI=1S/C14H17N3O/c1-2-5-11(6-3-1)9-13-16-14(18-17-13)12-7-4-8-15-10-12/h1-3,5-6,12,15H,4,7-10H2/t12-/m0/s1. The van der Waals surface area contributed by atoms with Gasteiger partial charge in [0.1, 0.15) is 0 Å². The zero-order valence-electron chi connectivity index (χ0n) is 10.3. The van der Waals surface area contributed by atoms with Gasteiger partial charge in [-0.3, -0.25) is 0 Å². The number of nitrogens with zero attached hydrogens (tertiary/aromatic N) is 2. The minimum atomic E-state index is 0.385. The van der Waals surface area contributed by atoms with E-state index in [0.717, 1.165) is 37.6 Å². The van der Waals surface area contributed by atoms with E-state index in [2.05, 4.69) is 27.6 Å². The average molecular weight is 243 g/mol. The summed E-state index contributed by atoms with van der Waals surface area (Å²) in [6, 6.07) is 10.2. The molecule has 0 radical (unpaired) electrons. The summed E-state index contributed by atoms with van der Waals surface area (Å²) in [5.41, 5.74) is 1.21. The van der Waals surface area contributed by atoms with Crippen LogP contribution in [-0.4, -0.2) is 23.2 Å². The van der Waals surface area contributed by atoms with E-state index in [4.69, 9.17) is 4.52 Å². The molecule has 0 aliphatic carbocycles. The molecule has 3 rings (SSSR count). The zero-order chi connectivity index (χ0) is 12.2. The molecule has 1 aliphatic rings. The van der Waals surface area contributed by atoms with Crippen molar-refractivity contribution in [2.45, 2.75) is 25.2 Å². The minimum absolute atomic E-state index is 0.385. The van der Waals surface area contributed by atoms with E-state index in [1.54, 1.807) is 0 Å². The number of hydrogen-bond donors (Lipinski definition) is 1. The van der Waals surface area contributed by atoms with E-state index in [1.807, 2.05) is 18.2 Å². The van der Waals surface area contributed by atoms with Crippen LogP contribution in [0.3, 0.4) is 0 Å². The smallest absolute Gasteiger partial charge is 0.231 e. The third-order valence-corrected chi connectivity index (χ3v) is 3.33. The van der Waals surface area contributed by atoms with Crippen LogP contribution in [0.25, 0.3) is 0 Å². The monoisotopic (exact) mass is 243 g/mol. The molecule has 2 aromatic rings. The van der Waals surface area contributed by atoms with Crippen LogP contribution in [0.5, 0.6) is 0 Å². The van der Waals surface area contributed by atoms with Gasteiger partial charge in [0.25, 0.3) is 0 Å².